The van der Waals surface area contributed by atoms with Crippen molar-refractivity contribution in [3.63, 3.8) is 0 Å². The molecule has 0 bridgehead atoms. The Hall–Kier alpha value is -2.87. The standard InChI is InChI=1S/C19H21N3O2/c1-11-6-13(3)18(14(4)7-11)21-17(23)10-22-15(5)8-12(2)16(9-20)19(22)24/h6-8H,10H2,1-5H3,(H,21,23). The number of rotatable bonds is 3. The number of nitriles is 1. The van der Waals surface area contributed by atoms with Gasteiger partial charge in [0, 0.05) is 11.4 Å². The predicted octanol–water partition coefficient (Wildman–Crippen LogP) is 2.90. The van der Waals surface area contributed by atoms with Gasteiger partial charge < -0.3 is 9.88 Å². The third-order valence-electron chi connectivity index (χ3n) is 4.06. The lowest BCUT2D eigenvalue weighted by atomic mass is 10.1. The Balaban J connectivity index is 2.33. The van der Waals surface area contributed by atoms with Crippen LogP contribution in [0.3, 0.4) is 0 Å². The lowest BCUT2D eigenvalue weighted by Crippen LogP contribution is -2.31. The van der Waals surface area contributed by atoms with Crippen LogP contribution in [-0.4, -0.2) is 10.5 Å². The molecule has 0 aliphatic heterocycles. The lowest BCUT2D eigenvalue weighted by Gasteiger charge is -2.15. The fourth-order valence-corrected chi connectivity index (χ4v) is 2.96. The van der Waals surface area contributed by atoms with E-state index in [0.717, 1.165) is 22.4 Å². The Labute approximate surface area is 141 Å². The van der Waals surface area contributed by atoms with Crippen molar-refractivity contribution in [2.75, 3.05) is 5.32 Å². The molecule has 0 unspecified atom stereocenters. The van der Waals surface area contributed by atoms with Crippen LogP contribution >= 0.6 is 0 Å². The normalized spacial score (nSPS) is 10.3. The number of carbonyl (C=O) groups is 1. The van der Waals surface area contributed by atoms with Crippen molar-refractivity contribution in [1.29, 1.82) is 5.26 Å². The van der Waals surface area contributed by atoms with Crippen molar-refractivity contribution in [2.45, 2.75) is 41.2 Å². The summed E-state index contributed by atoms with van der Waals surface area (Å²) in [5, 5.41) is 12.0. The number of hydrogen-bond acceptors (Lipinski definition) is 3. The number of amides is 1. The number of aromatic nitrogens is 1. The second-order valence-corrected chi connectivity index (χ2v) is 6.17. The maximum Gasteiger partial charge on any atom is 0.269 e. The van der Waals surface area contributed by atoms with E-state index in [1.54, 1.807) is 19.9 Å². The molecule has 0 atom stereocenters. The van der Waals surface area contributed by atoms with Crippen molar-refractivity contribution in [1.82, 2.24) is 4.57 Å². The molecule has 0 saturated heterocycles. The summed E-state index contributed by atoms with van der Waals surface area (Å²) in [6.07, 6.45) is 0. The molecule has 0 radical (unpaired) electrons. The van der Waals surface area contributed by atoms with E-state index in [0.29, 0.717) is 11.3 Å². The van der Waals surface area contributed by atoms with Crippen LogP contribution in [0.25, 0.3) is 0 Å². The number of nitrogens with zero attached hydrogens (tertiary/aromatic N) is 2. The molecule has 5 heteroatoms. The summed E-state index contributed by atoms with van der Waals surface area (Å²) < 4.78 is 1.33. The number of anilines is 1. The highest BCUT2D eigenvalue weighted by atomic mass is 16.2. The van der Waals surface area contributed by atoms with Gasteiger partial charge in [-0.1, -0.05) is 17.7 Å². The van der Waals surface area contributed by atoms with E-state index in [1.165, 1.54) is 4.57 Å². The van der Waals surface area contributed by atoms with Gasteiger partial charge in [0.1, 0.15) is 18.2 Å². The molecule has 2 rings (SSSR count). The van der Waals surface area contributed by atoms with E-state index in [2.05, 4.69) is 5.32 Å². The third-order valence-corrected chi connectivity index (χ3v) is 4.06. The molecule has 0 aliphatic carbocycles. The Morgan fingerprint density at radius 3 is 2.21 bits per heavy atom. The average Bonchev–Trinajstić information content (AvgIpc) is 2.47. The molecular formula is C19H21N3O2. The van der Waals surface area contributed by atoms with Crippen molar-refractivity contribution < 1.29 is 4.79 Å². The molecule has 0 spiro atoms. The van der Waals surface area contributed by atoms with Crippen LogP contribution in [-0.2, 0) is 11.3 Å². The number of pyridine rings is 1. The fraction of sp³-hybridized carbons (Fsp3) is 0.316. The van der Waals surface area contributed by atoms with Gasteiger partial charge in [-0.2, -0.15) is 5.26 Å². The third kappa shape index (κ3) is 3.38. The van der Waals surface area contributed by atoms with E-state index >= 15 is 0 Å². The molecular weight excluding hydrogens is 302 g/mol. The minimum absolute atomic E-state index is 0.0797. The Kier molecular flexibility index (Phi) is 4.89. The summed E-state index contributed by atoms with van der Waals surface area (Å²) in [5.74, 6) is -0.289. The number of nitrogens with one attached hydrogen (secondary N) is 1. The van der Waals surface area contributed by atoms with Gasteiger partial charge in [0.15, 0.2) is 0 Å². The largest absolute Gasteiger partial charge is 0.324 e. The first-order valence-electron chi connectivity index (χ1n) is 7.73. The highest BCUT2D eigenvalue weighted by Gasteiger charge is 2.14. The van der Waals surface area contributed by atoms with Crippen molar-refractivity contribution in [2.24, 2.45) is 0 Å². The van der Waals surface area contributed by atoms with E-state index in [-0.39, 0.29) is 18.0 Å². The van der Waals surface area contributed by atoms with Gasteiger partial charge in [0.05, 0.1) is 0 Å². The van der Waals surface area contributed by atoms with E-state index in [1.807, 2.05) is 39.0 Å². The second kappa shape index (κ2) is 6.71. The summed E-state index contributed by atoms with van der Waals surface area (Å²) in [7, 11) is 0. The molecule has 0 saturated carbocycles. The summed E-state index contributed by atoms with van der Waals surface area (Å²) in [6, 6.07) is 7.66. The molecule has 124 valence electrons. The number of benzene rings is 1. The number of aryl methyl sites for hydroxylation is 5. The van der Waals surface area contributed by atoms with Crippen LogP contribution in [0.4, 0.5) is 5.69 Å². The molecule has 1 amide bonds. The van der Waals surface area contributed by atoms with Gasteiger partial charge in [-0.25, -0.2) is 0 Å². The van der Waals surface area contributed by atoms with E-state index in [4.69, 9.17) is 5.26 Å². The van der Waals surface area contributed by atoms with Crippen molar-refractivity contribution in [3.8, 4) is 6.07 Å². The van der Waals surface area contributed by atoms with E-state index < -0.39 is 5.56 Å². The van der Waals surface area contributed by atoms with Crippen molar-refractivity contribution in [3.05, 3.63) is 62.1 Å². The fourth-order valence-electron chi connectivity index (χ4n) is 2.96. The highest BCUT2D eigenvalue weighted by molar-refractivity contribution is 5.92. The molecule has 1 aromatic carbocycles. The minimum Gasteiger partial charge on any atom is -0.324 e. The van der Waals surface area contributed by atoms with Gasteiger partial charge in [0.25, 0.3) is 5.56 Å². The predicted molar refractivity (Wildman–Crippen MR) is 94.2 cm³/mol. The lowest BCUT2D eigenvalue weighted by molar-refractivity contribution is -0.116. The number of hydrogen-bond donors (Lipinski definition) is 1. The maximum atomic E-state index is 12.4. The van der Waals surface area contributed by atoms with Gasteiger partial charge in [-0.3, -0.25) is 9.59 Å². The molecule has 5 nitrogen and oxygen atoms in total. The quantitative estimate of drug-likeness (QED) is 0.943. The van der Waals surface area contributed by atoms with Gasteiger partial charge >= 0.3 is 0 Å². The van der Waals surface area contributed by atoms with E-state index in [9.17, 15) is 9.59 Å². The number of carbonyl (C=O) groups excluding carboxylic acids is 1. The van der Waals surface area contributed by atoms with Crippen LogP contribution in [0.15, 0.2) is 23.0 Å². The van der Waals surface area contributed by atoms with Gasteiger partial charge in [-0.05, 0) is 57.4 Å². The molecule has 0 fully saturated rings. The topological polar surface area (TPSA) is 74.9 Å². The molecule has 1 heterocycles. The molecule has 1 aromatic heterocycles. The molecule has 2 aromatic rings. The van der Waals surface area contributed by atoms with Crippen LogP contribution in [0.1, 0.15) is 33.5 Å². The molecule has 24 heavy (non-hydrogen) atoms. The Morgan fingerprint density at radius 2 is 1.67 bits per heavy atom. The maximum absolute atomic E-state index is 12.4. The highest BCUT2D eigenvalue weighted by Crippen LogP contribution is 2.21. The first-order valence-corrected chi connectivity index (χ1v) is 7.73. The Bertz CT molecular complexity index is 894. The van der Waals surface area contributed by atoms with Gasteiger partial charge in [-0.15, -0.1) is 0 Å². The van der Waals surface area contributed by atoms with Crippen LogP contribution in [0, 0.1) is 45.9 Å². The summed E-state index contributed by atoms with van der Waals surface area (Å²) in [6.45, 7) is 9.23. The summed E-state index contributed by atoms with van der Waals surface area (Å²) in [4.78, 5) is 24.8. The van der Waals surface area contributed by atoms with Crippen LogP contribution < -0.4 is 10.9 Å². The molecule has 0 aliphatic rings. The zero-order chi connectivity index (χ0) is 18.0. The smallest absolute Gasteiger partial charge is 0.269 e. The average molecular weight is 323 g/mol. The first-order chi connectivity index (χ1) is 11.2. The molecule has 1 N–H and O–H groups in total. The van der Waals surface area contributed by atoms with Crippen LogP contribution in [0.5, 0.6) is 0 Å². The van der Waals surface area contributed by atoms with Crippen molar-refractivity contribution >= 4 is 11.6 Å². The zero-order valence-corrected chi connectivity index (χ0v) is 14.7. The first kappa shape index (κ1) is 17.5. The SMILES string of the molecule is Cc1cc(C)c(NC(=O)Cn2c(C)cc(C)c(C#N)c2=O)c(C)c1. The second-order valence-electron chi connectivity index (χ2n) is 6.17. The van der Waals surface area contributed by atoms with Crippen LogP contribution in [0.2, 0.25) is 0 Å². The minimum atomic E-state index is -0.428. The summed E-state index contributed by atoms with van der Waals surface area (Å²) >= 11 is 0. The van der Waals surface area contributed by atoms with Gasteiger partial charge in [0.2, 0.25) is 5.91 Å². The summed E-state index contributed by atoms with van der Waals surface area (Å²) in [5.41, 5.74) is 4.79. The monoisotopic (exact) mass is 323 g/mol. The Morgan fingerprint density at radius 1 is 1.08 bits per heavy atom. The zero-order valence-electron chi connectivity index (χ0n) is 14.7.